The number of benzene rings is 1. The number of ether oxygens (including phenoxy) is 2. The first-order valence-corrected chi connectivity index (χ1v) is 11.3. The number of likely N-dealkylation sites (tertiary alicyclic amines) is 1. The second-order valence-electron chi connectivity index (χ2n) is 8.50. The molecule has 31 heavy (non-hydrogen) atoms. The number of hydrogen-bond acceptors (Lipinski definition) is 5. The highest BCUT2D eigenvalue weighted by atomic mass is 19.1. The number of carbonyl (C=O) groups excluding carboxylic acids is 3. The molecule has 2 heterocycles. The Kier molecular flexibility index (Phi) is 8.18. The average Bonchev–Trinajstić information content (AvgIpc) is 2.79. The molecule has 1 unspecified atom stereocenters. The lowest BCUT2D eigenvalue weighted by Crippen LogP contribution is -2.49. The second kappa shape index (κ2) is 10.8. The van der Waals surface area contributed by atoms with E-state index >= 15 is 0 Å². The normalized spacial score (nSPS) is 20.8. The summed E-state index contributed by atoms with van der Waals surface area (Å²) in [6, 6.07) is 5.35. The van der Waals surface area contributed by atoms with Crippen molar-refractivity contribution in [2.45, 2.75) is 64.4 Å². The predicted octanol–water partition coefficient (Wildman–Crippen LogP) is 3.92. The number of esters is 1. The number of hydrogen-bond donors (Lipinski definition) is 0. The third-order valence-electron chi connectivity index (χ3n) is 6.41. The fraction of sp³-hybridized carbons (Fsp3) is 0.625. The summed E-state index contributed by atoms with van der Waals surface area (Å²) in [6.45, 7) is 3.81. The zero-order valence-electron chi connectivity index (χ0n) is 18.2. The molecule has 1 atom stereocenters. The van der Waals surface area contributed by atoms with Crippen LogP contribution in [0.2, 0.25) is 0 Å². The molecule has 7 heteroatoms. The number of rotatable bonds is 8. The smallest absolute Gasteiger partial charge is 0.312 e. The lowest BCUT2D eigenvalue weighted by molar-refractivity contribution is -0.164. The zero-order chi connectivity index (χ0) is 22.3. The first kappa shape index (κ1) is 23.4. The lowest BCUT2D eigenvalue weighted by atomic mass is 9.73. The minimum absolute atomic E-state index is 0.0636. The summed E-state index contributed by atoms with van der Waals surface area (Å²) >= 11 is 0. The van der Waals surface area contributed by atoms with Crippen molar-refractivity contribution in [1.29, 1.82) is 0 Å². The van der Waals surface area contributed by atoms with Crippen molar-refractivity contribution in [1.82, 2.24) is 4.90 Å². The van der Waals surface area contributed by atoms with E-state index in [4.69, 9.17) is 9.47 Å². The summed E-state index contributed by atoms with van der Waals surface area (Å²) in [7, 11) is 0. The van der Waals surface area contributed by atoms with Crippen LogP contribution in [0, 0.1) is 11.2 Å². The highest BCUT2D eigenvalue weighted by molar-refractivity contribution is 5.97. The van der Waals surface area contributed by atoms with Gasteiger partial charge in [0, 0.05) is 38.1 Å². The Hall–Kier alpha value is -2.28. The van der Waals surface area contributed by atoms with Gasteiger partial charge in [-0.15, -0.1) is 0 Å². The van der Waals surface area contributed by atoms with E-state index in [-0.39, 0.29) is 36.6 Å². The van der Waals surface area contributed by atoms with Gasteiger partial charge >= 0.3 is 5.97 Å². The van der Waals surface area contributed by atoms with Crippen LogP contribution in [0.4, 0.5) is 4.39 Å². The summed E-state index contributed by atoms with van der Waals surface area (Å²) in [6.07, 6.45) is 5.10. The number of ketones is 1. The van der Waals surface area contributed by atoms with E-state index in [1.807, 2.05) is 0 Å². The molecule has 0 bridgehead atoms. The van der Waals surface area contributed by atoms with E-state index in [1.165, 1.54) is 24.3 Å². The van der Waals surface area contributed by atoms with Crippen LogP contribution in [0.1, 0.15) is 68.6 Å². The predicted molar refractivity (Wildman–Crippen MR) is 113 cm³/mol. The maximum Gasteiger partial charge on any atom is 0.312 e. The number of halogens is 1. The molecule has 0 N–H and O–H groups in total. The Bertz CT molecular complexity index is 765. The van der Waals surface area contributed by atoms with Crippen molar-refractivity contribution < 1.29 is 28.2 Å². The van der Waals surface area contributed by atoms with Gasteiger partial charge in [-0.25, -0.2) is 4.39 Å². The van der Waals surface area contributed by atoms with Crippen LogP contribution in [0.15, 0.2) is 24.3 Å². The van der Waals surface area contributed by atoms with E-state index in [0.717, 1.165) is 25.9 Å². The fourth-order valence-electron chi connectivity index (χ4n) is 4.52. The molecule has 1 amide bonds. The van der Waals surface area contributed by atoms with Crippen LogP contribution in [0.5, 0.6) is 0 Å². The minimum atomic E-state index is -0.612. The zero-order valence-corrected chi connectivity index (χ0v) is 18.2. The molecule has 0 saturated carbocycles. The van der Waals surface area contributed by atoms with Crippen molar-refractivity contribution in [3.05, 3.63) is 35.6 Å². The number of Topliss-reactive ketones (excluding diaryl/α,β-unsaturated/α-hetero) is 1. The summed E-state index contributed by atoms with van der Waals surface area (Å²) in [5.74, 6) is -0.866. The Labute approximate surface area is 183 Å². The van der Waals surface area contributed by atoms with E-state index < -0.39 is 11.2 Å². The highest BCUT2D eigenvalue weighted by Gasteiger charge is 2.45. The van der Waals surface area contributed by atoms with E-state index in [1.54, 1.807) is 11.8 Å². The van der Waals surface area contributed by atoms with Crippen molar-refractivity contribution in [3.8, 4) is 0 Å². The van der Waals surface area contributed by atoms with E-state index in [9.17, 15) is 18.8 Å². The molecule has 3 rings (SSSR count). The molecule has 0 aliphatic carbocycles. The van der Waals surface area contributed by atoms with E-state index in [0.29, 0.717) is 44.5 Å². The average molecular weight is 434 g/mol. The standard InChI is InChI=1S/C24H32FNO5/c1-2-30-23(29)24(17-20-5-3-4-16-31-20)12-14-26(15-13-24)22(28)11-10-21(27)18-6-8-19(25)9-7-18/h6-9,20H,2-5,10-17H2,1H3. The summed E-state index contributed by atoms with van der Waals surface area (Å²) in [5, 5.41) is 0. The Morgan fingerprint density at radius 2 is 1.84 bits per heavy atom. The third kappa shape index (κ3) is 6.12. The van der Waals surface area contributed by atoms with Gasteiger partial charge < -0.3 is 14.4 Å². The molecule has 0 aromatic heterocycles. The van der Waals surface area contributed by atoms with Crippen molar-refractivity contribution in [2.75, 3.05) is 26.3 Å². The highest BCUT2D eigenvalue weighted by Crippen LogP contribution is 2.40. The first-order chi connectivity index (χ1) is 14.9. The van der Waals surface area contributed by atoms with Gasteiger partial charge in [-0.05, 0) is 69.7 Å². The summed E-state index contributed by atoms with van der Waals surface area (Å²) in [5.41, 5.74) is -0.208. The second-order valence-corrected chi connectivity index (χ2v) is 8.50. The lowest BCUT2D eigenvalue weighted by Gasteiger charge is -2.42. The number of carbonyl (C=O) groups is 3. The third-order valence-corrected chi connectivity index (χ3v) is 6.41. The monoisotopic (exact) mass is 433 g/mol. The molecule has 0 radical (unpaired) electrons. The minimum Gasteiger partial charge on any atom is -0.466 e. The van der Waals surface area contributed by atoms with Gasteiger partial charge in [0.25, 0.3) is 0 Å². The largest absolute Gasteiger partial charge is 0.466 e. The fourth-order valence-corrected chi connectivity index (χ4v) is 4.52. The molecule has 2 saturated heterocycles. The quantitative estimate of drug-likeness (QED) is 0.459. The van der Waals surface area contributed by atoms with Gasteiger partial charge in [-0.2, -0.15) is 0 Å². The Balaban J connectivity index is 1.54. The number of nitrogens with zero attached hydrogens (tertiary/aromatic N) is 1. The van der Waals surface area contributed by atoms with Crippen LogP contribution in [0.25, 0.3) is 0 Å². The summed E-state index contributed by atoms with van der Waals surface area (Å²) < 4.78 is 24.3. The van der Waals surface area contributed by atoms with Crippen molar-refractivity contribution >= 4 is 17.7 Å². The number of amides is 1. The Morgan fingerprint density at radius 1 is 1.13 bits per heavy atom. The molecule has 0 spiro atoms. The molecular formula is C24H32FNO5. The molecular weight excluding hydrogens is 401 g/mol. The maximum absolute atomic E-state index is 13.0. The Morgan fingerprint density at radius 3 is 2.45 bits per heavy atom. The molecule has 6 nitrogen and oxygen atoms in total. The van der Waals surface area contributed by atoms with Gasteiger partial charge in [-0.3, -0.25) is 14.4 Å². The van der Waals surface area contributed by atoms with Crippen LogP contribution in [-0.2, 0) is 19.1 Å². The molecule has 1 aromatic carbocycles. The van der Waals surface area contributed by atoms with E-state index in [2.05, 4.69) is 0 Å². The van der Waals surface area contributed by atoms with Crippen LogP contribution < -0.4 is 0 Å². The summed E-state index contributed by atoms with van der Waals surface area (Å²) in [4.78, 5) is 39.5. The van der Waals surface area contributed by atoms with Crippen LogP contribution in [-0.4, -0.2) is 55.0 Å². The van der Waals surface area contributed by atoms with Gasteiger partial charge in [0.15, 0.2) is 5.78 Å². The van der Waals surface area contributed by atoms with Gasteiger partial charge in [0.2, 0.25) is 5.91 Å². The van der Waals surface area contributed by atoms with Crippen molar-refractivity contribution in [3.63, 3.8) is 0 Å². The maximum atomic E-state index is 13.0. The SMILES string of the molecule is CCOC(=O)C1(CC2CCCCO2)CCN(C(=O)CCC(=O)c2ccc(F)cc2)CC1. The van der Waals surface area contributed by atoms with Crippen molar-refractivity contribution in [2.24, 2.45) is 5.41 Å². The molecule has 170 valence electrons. The van der Waals surface area contributed by atoms with Gasteiger partial charge in [0.05, 0.1) is 18.1 Å². The molecule has 2 fully saturated rings. The van der Waals surface area contributed by atoms with Crippen LogP contribution >= 0.6 is 0 Å². The first-order valence-electron chi connectivity index (χ1n) is 11.3. The number of piperidine rings is 1. The molecule has 2 aliphatic heterocycles. The topological polar surface area (TPSA) is 72.9 Å². The van der Waals surface area contributed by atoms with Gasteiger partial charge in [-0.1, -0.05) is 0 Å². The van der Waals surface area contributed by atoms with Crippen LogP contribution in [0.3, 0.4) is 0 Å². The molecule has 1 aromatic rings. The molecule has 2 aliphatic rings. The van der Waals surface area contributed by atoms with Gasteiger partial charge in [0.1, 0.15) is 5.82 Å².